The number of ether oxygens (including phenoxy) is 4. The molecule has 1 aliphatic rings. The van der Waals surface area contributed by atoms with Gasteiger partial charge in [0.15, 0.2) is 11.5 Å². The molecule has 0 unspecified atom stereocenters. The third kappa shape index (κ3) is 4.01. The van der Waals surface area contributed by atoms with Crippen molar-refractivity contribution in [3.05, 3.63) is 60.4 Å². The molecule has 1 aliphatic heterocycles. The number of aromatic nitrogens is 1. The van der Waals surface area contributed by atoms with Crippen LogP contribution in [0, 0.1) is 0 Å². The quantitative estimate of drug-likeness (QED) is 0.658. The second kappa shape index (κ2) is 7.97. The van der Waals surface area contributed by atoms with Crippen LogP contribution in [0.15, 0.2) is 54.7 Å². The van der Waals surface area contributed by atoms with Crippen molar-refractivity contribution in [2.45, 2.75) is 0 Å². The Labute approximate surface area is 167 Å². The SMILES string of the molecule is COc1ccc(OC)c(NC(=O)c2cc(Nc3ccc4c(c3)OCO4)ccn2)c1. The van der Waals surface area contributed by atoms with Crippen LogP contribution in [0.4, 0.5) is 17.1 Å². The van der Waals surface area contributed by atoms with Gasteiger partial charge in [-0.15, -0.1) is 0 Å². The molecule has 148 valence electrons. The number of methoxy groups -OCH3 is 2. The predicted octanol–water partition coefficient (Wildman–Crippen LogP) is 3.82. The molecule has 0 radical (unpaired) electrons. The van der Waals surface area contributed by atoms with Crippen LogP contribution in [0.1, 0.15) is 10.5 Å². The van der Waals surface area contributed by atoms with E-state index in [2.05, 4.69) is 15.6 Å². The molecule has 2 N–H and O–H groups in total. The highest BCUT2D eigenvalue weighted by molar-refractivity contribution is 6.04. The number of carbonyl (C=O) groups excluding carboxylic acids is 1. The lowest BCUT2D eigenvalue weighted by Crippen LogP contribution is -2.14. The maximum Gasteiger partial charge on any atom is 0.274 e. The number of pyridine rings is 1. The van der Waals surface area contributed by atoms with Crippen LogP contribution in [0.25, 0.3) is 0 Å². The van der Waals surface area contributed by atoms with Crippen LogP contribution < -0.4 is 29.6 Å². The van der Waals surface area contributed by atoms with Gasteiger partial charge in [-0.2, -0.15) is 0 Å². The molecule has 0 saturated heterocycles. The molecule has 0 saturated carbocycles. The van der Waals surface area contributed by atoms with Crippen molar-refractivity contribution in [1.29, 1.82) is 0 Å². The van der Waals surface area contributed by atoms with E-state index in [0.717, 1.165) is 5.69 Å². The van der Waals surface area contributed by atoms with Gasteiger partial charge >= 0.3 is 0 Å². The molecule has 2 heterocycles. The Morgan fingerprint density at radius 2 is 1.79 bits per heavy atom. The van der Waals surface area contributed by atoms with Crippen molar-refractivity contribution < 1.29 is 23.7 Å². The first-order valence-electron chi connectivity index (χ1n) is 8.82. The minimum atomic E-state index is -0.370. The van der Waals surface area contributed by atoms with Gasteiger partial charge in [-0.05, 0) is 36.4 Å². The highest BCUT2D eigenvalue weighted by Crippen LogP contribution is 2.35. The summed E-state index contributed by atoms with van der Waals surface area (Å²) in [6, 6.07) is 14.1. The van der Waals surface area contributed by atoms with Crippen LogP contribution in [0.5, 0.6) is 23.0 Å². The van der Waals surface area contributed by atoms with E-state index in [-0.39, 0.29) is 18.4 Å². The zero-order chi connectivity index (χ0) is 20.2. The van der Waals surface area contributed by atoms with E-state index in [1.54, 1.807) is 43.6 Å². The van der Waals surface area contributed by atoms with E-state index in [4.69, 9.17) is 18.9 Å². The Balaban J connectivity index is 1.52. The number of rotatable bonds is 6. The van der Waals surface area contributed by atoms with Crippen LogP contribution in [-0.4, -0.2) is 31.9 Å². The topological polar surface area (TPSA) is 90.9 Å². The molecule has 0 spiro atoms. The number of benzene rings is 2. The summed E-state index contributed by atoms with van der Waals surface area (Å²) in [7, 11) is 3.09. The lowest BCUT2D eigenvalue weighted by molar-refractivity contribution is 0.102. The lowest BCUT2D eigenvalue weighted by atomic mass is 10.2. The van der Waals surface area contributed by atoms with E-state index >= 15 is 0 Å². The zero-order valence-electron chi connectivity index (χ0n) is 15.9. The zero-order valence-corrected chi connectivity index (χ0v) is 15.9. The van der Waals surface area contributed by atoms with Gasteiger partial charge in [-0.25, -0.2) is 0 Å². The molecular weight excluding hydrogens is 374 g/mol. The summed E-state index contributed by atoms with van der Waals surface area (Å²) in [5.74, 6) is 2.14. The van der Waals surface area contributed by atoms with Gasteiger partial charge in [0, 0.05) is 29.7 Å². The molecule has 8 nitrogen and oxygen atoms in total. The van der Waals surface area contributed by atoms with Gasteiger partial charge in [-0.3, -0.25) is 9.78 Å². The molecule has 2 aromatic carbocycles. The van der Waals surface area contributed by atoms with Gasteiger partial charge in [0.25, 0.3) is 5.91 Å². The molecule has 29 heavy (non-hydrogen) atoms. The number of hydrogen-bond donors (Lipinski definition) is 2. The lowest BCUT2D eigenvalue weighted by Gasteiger charge is -2.12. The monoisotopic (exact) mass is 393 g/mol. The number of anilines is 3. The molecule has 4 rings (SSSR count). The number of carbonyl (C=O) groups is 1. The van der Waals surface area contributed by atoms with E-state index in [0.29, 0.717) is 34.4 Å². The molecule has 1 amide bonds. The Morgan fingerprint density at radius 1 is 0.966 bits per heavy atom. The van der Waals surface area contributed by atoms with Gasteiger partial charge < -0.3 is 29.6 Å². The highest BCUT2D eigenvalue weighted by atomic mass is 16.7. The average Bonchev–Trinajstić information content (AvgIpc) is 3.21. The predicted molar refractivity (Wildman–Crippen MR) is 108 cm³/mol. The van der Waals surface area contributed by atoms with Gasteiger partial charge in [0.05, 0.1) is 19.9 Å². The van der Waals surface area contributed by atoms with Crippen molar-refractivity contribution in [3.63, 3.8) is 0 Å². The van der Waals surface area contributed by atoms with Crippen molar-refractivity contribution in [2.75, 3.05) is 31.6 Å². The fraction of sp³-hybridized carbons (Fsp3) is 0.143. The summed E-state index contributed by atoms with van der Waals surface area (Å²) in [6.45, 7) is 0.214. The average molecular weight is 393 g/mol. The normalized spacial score (nSPS) is 11.7. The number of amides is 1. The molecule has 0 bridgehead atoms. The number of nitrogens with one attached hydrogen (secondary N) is 2. The van der Waals surface area contributed by atoms with Crippen molar-refractivity contribution >= 4 is 23.0 Å². The Bertz CT molecular complexity index is 1050. The van der Waals surface area contributed by atoms with Crippen molar-refractivity contribution in [3.8, 4) is 23.0 Å². The van der Waals surface area contributed by atoms with Crippen LogP contribution in [0.2, 0.25) is 0 Å². The maximum atomic E-state index is 12.7. The first-order valence-corrected chi connectivity index (χ1v) is 8.82. The smallest absolute Gasteiger partial charge is 0.274 e. The van der Waals surface area contributed by atoms with E-state index < -0.39 is 0 Å². The summed E-state index contributed by atoms with van der Waals surface area (Å²) in [6.07, 6.45) is 1.56. The third-order valence-corrected chi connectivity index (χ3v) is 4.31. The third-order valence-electron chi connectivity index (χ3n) is 4.31. The maximum absolute atomic E-state index is 12.7. The van der Waals surface area contributed by atoms with Gasteiger partial charge in [0.2, 0.25) is 6.79 Å². The van der Waals surface area contributed by atoms with Gasteiger partial charge in [-0.1, -0.05) is 0 Å². The summed E-state index contributed by atoms with van der Waals surface area (Å²) in [5, 5.41) is 6.04. The second-order valence-corrected chi connectivity index (χ2v) is 6.14. The Kier molecular flexibility index (Phi) is 5.07. The molecule has 0 fully saturated rings. The van der Waals surface area contributed by atoms with Crippen LogP contribution in [0.3, 0.4) is 0 Å². The molecule has 1 aromatic heterocycles. The number of fused-ring (bicyclic) bond motifs is 1. The fourth-order valence-corrected chi connectivity index (χ4v) is 2.87. The summed E-state index contributed by atoms with van der Waals surface area (Å²) >= 11 is 0. The molecule has 0 aliphatic carbocycles. The molecular formula is C21H19N3O5. The van der Waals surface area contributed by atoms with Crippen molar-refractivity contribution in [2.24, 2.45) is 0 Å². The van der Waals surface area contributed by atoms with E-state index in [9.17, 15) is 4.79 Å². The van der Waals surface area contributed by atoms with Crippen molar-refractivity contribution in [1.82, 2.24) is 4.98 Å². The summed E-state index contributed by atoms with van der Waals surface area (Å²) in [5.41, 5.74) is 2.26. The number of nitrogens with zero attached hydrogens (tertiary/aromatic N) is 1. The van der Waals surface area contributed by atoms with Gasteiger partial charge in [0.1, 0.15) is 17.2 Å². The number of hydrogen-bond acceptors (Lipinski definition) is 7. The van der Waals surface area contributed by atoms with Crippen LogP contribution >= 0.6 is 0 Å². The first-order chi connectivity index (χ1) is 14.2. The first kappa shape index (κ1) is 18.4. The Hall–Kier alpha value is -3.94. The Morgan fingerprint density at radius 3 is 2.62 bits per heavy atom. The largest absolute Gasteiger partial charge is 0.497 e. The highest BCUT2D eigenvalue weighted by Gasteiger charge is 2.15. The fourth-order valence-electron chi connectivity index (χ4n) is 2.87. The van der Waals surface area contributed by atoms with E-state index in [1.807, 2.05) is 18.2 Å². The summed E-state index contributed by atoms with van der Waals surface area (Å²) < 4.78 is 21.2. The minimum absolute atomic E-state index is 0.214. The molecule has 8 heteroatoms. The van der Waals surface area contributed by atoms with Crippen LogP contribution in [-0.2, 0) is 0 Å². The minimum Gasteiger partial charge on any atom is -0.497 e. The second-order valence-electron chi connectivity index (χ2n) is 6.14. The van der Waals surface area contributed by atoms with E-state index in [1.165, 1.54) is 7.11 Å². The molecule has 0 atom stereocenters. The molecule has 3 aromatic rings. The standard InChI is InChI=1S/C21H19N3O5/c1-26-15-4-6-18(27-2)16(11-15)24-21(25)17-9-14(7-8-22-17)23-13-3-5-19-20(10-13)29-12-28-19/h3-11H,12H2,1-2H3,(H,22,23)(H,24,25). The summed E-state index contributed by atoms with van der Waals surface area (Å²) in [4.78, 5) is 16.9.